The Morgan fingerprint density at radius 2 is 1.72 bits per heavy atom. The Kier molecular flexibility index (Phi) is 6.29. The summed E-state index contributed by atoms with van der Waals surface area (Å²) < 4.78 is 7.42. The van der Waals surface area contributed by atoms with Crippen LogP contribution in [0.2, 0.25) is 0 Å². The predicted octanol–water partition coefficient (Wildman–Crippen LogP) is 3.00. The number of fused-ring (bicyclic) bond motifs is 1. The second-order valence-corrected chi connectivity index (χ2v) is 6.71. The molecule has 1 heterocycles. The van der Waals surface area contributed by atoms with Crippen LogP contribution in [0.25, 0.3) is 10.9 Å². The molecule has 0 spiro atoms. The first-order chi connectivity index (χ1) is 14.0. The fourth-order valence-corrected chi connectivity index (χ4v) is 2.99. The van der Waals surface area contributed by atoms with Gasteiger partial charge in [-0.3, -0.25) is 25.2 Å². The third-order valence-corrected chi connectivity index (χ3v) is 4.53. The number of benzene rings is 2. The Morgan fingerprint density at radius 1 is 1.00 bits per heavy atom. The molecule has 2 amide bonds. The lowest BCUT2D eigenvalue weighted by Gasteiger charge is -2.08. The zero-order chi connectivity index (χ0) is 20.8. The average Bonchev–Trinajstić information content (AvgIpc) is 3.07. The van der Waals surface area contributed by atoms with Crippen molar-refractivity contribution in [2.75, 3.05) is 6.61 Å². The Balaban J connectivity index is 1.41. The summed E-state index contributed by atoms with van der Waals surface area (Å²) >= 11 is 0. The van der Waals surface area contributed by atoms with E-state index >= 15 is 0 Å². The van der Waals surface area contributed by atoms with Gasteiger partial charge in [-0.1, -0.05) is 18.2 Å². The van der Waals surface area contributed by atoms with E-state index < -0.39 is 0 Å². The number of ketones is 1. The molecule has 29 heavy (non-hydrogen) atoms. The van der Waals surface area contributed by atoms with Crippen molar-refractivity contribution >= 4 is 28.5 Å². The third kappa shape index (κ3) is 5.01. The van der Waals surface area contributed by atoms with E-state index in [-0.39, 0.29) is 24.0 Å². The summed E-state index contributed by atoms with van der Waals surface area (Å²) in [6.45, 7) is 1.86. The van der Waals surface area contributed by atoms with Gasteiger partial charge in [0.2, 0.25) is 5.91 Å². The van der Waals surface area contributed by atoms with Crippen molar-refractivity contribution in [2.24, 2.45) is 7.05 Å². The van der Waals surface area contributed by atoms with E-state index in [1.807, 2.05) is 35.9 Å². The number of aromatic nitrogens is 1. The predicted molar refractivity (Wildman–Crippen MR) is 110 cm³/mol. The number of ether oxygens (including phenoxy) is 1. The van der Waals surface area contributed by atoms with Gasteiger partial charge in [-0.2, -0.15) is 0 Å². The molecule has 0 fully saturated rings. The van der Waals surface area contributed by atoms with Crippen molar-refractivity contribution in [3.8, 4) is 5.75 Å². The largest absolute Gasteiger partial charge is 0.494 e. The minimum absolute atomic E-state index is 0.00114. The first kappa shape index (κ1) is 20.1. The van der Waals surface area contributed by atoms with Crippen LogP contribution in [0.3, 0.4) is 0 Å². The summed E-state index contributed by atoms with van der Waals surface area (Å²) in [7, 11) is 1.87. The number of carbonyl (C=O) groups is 3. The molecular weight excluding hydrogens is 370 g/mol. The van der Waals surface area contributed by atoms with Crippen LogP contribution in [0.4, 0.5) is 0 Å². The number of nitrogens with one attached hydrogen (secondary N) is 2. The van der Waals surface area contributed by atoms with Gasteiger partial charge in [0.05, 0.1) is 12.2 Å². The van der Waals surface area contributed by atoms with Crippen LogP contribution in [0.1, 0.15) is 40.5 Å². The molecule has 0 aliphatic carbocycles. The molecule has 0 atom stereocenters. The molecule has 0 saturated heterocycles. The molecule has 0 unspecified atom stereocenters. The lowest BCUT2D eigenvalue weighted by molar-refractivity contribution is -0.122. The summed E-state index contributed by atoms with van der Waals surface area (Å²) in [6, 6.07) is 14.4. The van der Waals surface area contributed by atoms with E-state index in [9.17, 15) is 14.4 Å². The van der Waals surface area contributed by atoms with Crippen molar-refractivity contribution in [3.05, 3.63) is 65.9 Å². The lowest BCUT2D eigenvalue weighted by Crippen LogP contribution is -2.41. The van der Waals surface area contributed by atoms with E-state index in [1.165, 1.54) is 6.92 Å². The number of amides is 2. The molecule has 3 rings (SSSR count). The molecule has 0 aliphatic heterocycles. The smallest absolute Gasteiger partial charge is 0.271 e. The Hall–Kier alpha value is -3.61. The molecule has 7 nitrogen and oxygen atoms in total. The maximum atomic E-state index is 12.4. The summed E-state index contributed by atoms with van der Waals surface area (Å²) in [5, 5.41) is 0.825. The first-order valence-electron chi connectivity index (χ1n) is 9.33. The number of hydrogen-bond acceptors (Lipinski definition) is 4. The average molecular weight is 393 g/mol. The molecule has 3 aromatic rings. The van der Waals surface area contributed by atoms with Crippen LogP contribution in [0.5, 0.6) is 5.75 Å². The van der Waals surface area contributed by atoms with Crippen molar-refractivity contribution < 1.29 is 19.1 Å². The molecule has 0 bridgehead atoms. The van der Waals surface area contributed by atoms with Gasteiger partial charge in [0.1, 0.15) is 5.75 Å². The SMILES string of the molecule is CC(=O)c1ccc(OCCCC(=O)NNC(=O)c2cn(C)c3ccccc23)cc1. The number of para-hydroxylation sites is 1. The van der Waals surface area contributed by atoms with Crippen LogP contribution in [0.15, 0.2) is 54.7 Å². The Labute approximate surface area is 168 Å². The number of hydrazine groups is 1. The fraction of sp³-hybridized carbons (Fsp3) is 0.227. The second-order valence-electron chi connectivity index (χ2n) is 6.71. The first-order valence-corrected chi connectivity index (χ1v) is 9.33. The fourth-order valence-electron chi connectivity index (χ4n) is 2.99. The van der Waals surface area contributed by atoms with Crippen molar-refractivity contribution in [1.29, 1.82) is 0 Å². The van der Waals surface area contributed by atoms with E-state index in [2.05, 4.69) is 10.9 Å². The Morgan fingerprint density at radius 3 is 2.45 bits per heavy atom. The van der Waals surface area contributed by atoms with Gasteiger partial charge in [0, 0.05) is 36.1 Å². The molecule has 1 aromatic heterocycles. The number of nitrogens with zero attached hydrogens (tertiary/aromatic N) is 1. The summed E-state index contributed by atoms with van der Waals surface area (Å²) in [5.41, 5.74) is 6.95. The number of Topliss-reactive ketones (excluding diaryl/α,β-unsaturated/α-hetero) is 1. The molecule has 150 valence electrons. The maximum absolute atomic E-state index is 12.4. The number of hydrogen-bond donors (Lipinski definition) is 2. The molecule has 2 N–H and O–H groups in total. The topological polar surface area (TPSA) is 89.4 Å². The Bertz CT molecular complexity index is 1040. The highest BCUT2D eigenvalue weighted by Crippen LogP contribution is 2.19. The normalized spacial score (nSPS) is 10.6. The minimum Gasteiger partial charge on any atom is -0.494 e. The van der Waals surface area contributed by atoms with Crippen LogP contribution in [-0.2, 0) is 11.8 Å². The minimum atomic E-state index is -0.364. The van der Waals surface area contributed by atoms with Gasteiger partial charge in [-0.05, 0) is 43.7 Å². The summed E-state index contributed by atoms with van der Waals surface area (Å²) in [5.74, 6) is -0.0236. The highest BCUT2D eigenvalue weighted by atomic mass is 16.5. The van der Waals surface area contributed by atoms with Gasteiger partial charge >= 0.3 is 0 Å². The zero-order valence-corrected chi connectivity index (χ0v) is 16.4. The molecule has 2 aromatic carbocycles. The monoisotopic (exact) mass is 393 g/mol. The van der Waals surface area contributed by atoms with E-state index in [0.29, 0.717) is 29.9 Å². The standard InChI is InChI=1S/C22H23N3O4/c1-15(26)16-9-11-17(12-10-16)29-13-5-8-21(27)23-24-22(28)19-14-25(2)20-7-4-3-6-18(19)20/h3-4,6-7,9-12,14H,5,8,13H2,1-2H3,(H,23,27)(H,24,28). The molecular formula is C22H23N3O4. The van der Waals surface area contributed by atoms with Gasteiger partial charge in [-0.25, -0.2) is 0 Å². The molecule has 0 saturated carbocycles. The van der Waals surface area contributed by atoms with Gasteiger partial charge in [-0.15, -0.1) is 0 Å². The highest BCUT2D eigenvalue weighted by molar-refractivity contribution is 6.07. The maximum Gasteiger partial charge on any atom is 0.271 e. The van der Waals surface area contributed by atoms with E-state index in [0.717, 1.165) is 10.9 Å². The van der Waals surface area contributed by atoms with E-state index in [4.69, 9.17) is 4.74 Å². The van der Waals surface area contributed by atoms with Gasteiger partial charge in [0.25, 0.3) is 5.91 Å². The van der Waals surface area contributed by atoms with Gasteiger partial charge < -0.3 is 9.30 Å². The summed E-state index contributed by atoms with van der Waals surface area (Å²) in [4.78, 5) is 35.6. The third-order valence-electron chi connectivity index (χ3n) is 4.53. The van der Waals surface area contributed by atoms with Crippen LogP contribution < -0.4 is 15.6 Å². The van der Waals surface area contributed by atoms with Crippen molar-refractivity contribution in [1.82, 2.24) is 15.4 Å². The van der Waals surface area contributed by atoms with Gasteiger partial charge in [0.15, 0.2) is 5.78 Å². The zero-order valence-electron chi connectivity index (χ0n) is 16.4. The quantitative estimate of drug-likeness (QED) is 0.367. The number of rotatable bonds is 7. The van der Waals surface area contributed by atoms with E-state index in [1.54, 1.807) is 30.5 Å². The summed E-state index contributed by atoms with van der Waals surface area (Å²) in [6.07, 6.45) is 2.43. The van der Waals surface area contributed by atoms with Crippen molar-refractivity contribution in [2.45, 2.75) is 19.8 Å². The van der Waals surface area contributed by atoms with Crippen molar-refractivity contribution in [3.63, 3.8) is 0 Å². The number of aryl methyl sites for hydroxylation is 1. The molecule has 0 aliphatic rings. The van der Waals surface area contributed by atoms with Crippen LogP contribution >= 0.6 is 0 Å². The molecule has 0 radical (unpaired) electrons. The molecule has 7 heteroatoms. The number of carbonyl (C=O) groups excluding carboxylic acids is 3. The van der Waals surface area contributed by atoms with Crippen LogP contribution in [-0.4, -0.2) is 28.8 Å². The van der Waals surface area contributed by atoms with Crippen LogP contribution in [0, 0.1) is 0 Å². The lowest BCUT2D eigenvalue weighted by atomic mass is 10.1. The highest BCUT2D eigenvalue weighted by Gasteiger charge is 2.14. The second kappa shape index (κ2) is 9.05.